The predicted octanol–water partition coefficient (Wildman–Crippen LogP) is 0.158. The fourth-order valence-electron chi connectivity index (χ4n) is 1.79. The standard InChI is InChI=1S/C12H23N3O2/c1-8(10(16)15-12(2,3)4)14-9-6-5-7-13-11(9)17/h8-9,14H,5-7H2,1-4H3,(H,13,17)(H,15,16). The Morgan fingerprint density at radius 1 is 1.47 bits per heavy atom. The van der Waals surface area contributed by atoms with Gasteiger partial charge in [0.1, 0.15) is 0 Å². The molecule has 1 fully saturated rings. The second-order valence-corrected chi connectivity index (χ2v) is 5.61. The van der Waals surface area contributed by atoms with Crippen molar-refractivity contribution in [3.05, 3.63) is 0 Å². The summed E-state index contributed by atoms with van der Waals surface area (Å²) < 4.78 is 0. The maximum atomic E-state index is 11.8. The molecule has 0 bridgehead atoms. The van der Waals surface area contributed by atoms with Crippen LogP contribution in [-0.4, -0.2) is 36.0 Å². The van der Waals surface area contributed by atoms with Crippen LogP contribution in [0.4, 0.5) is 0 Å². The summed E-state index contributed by atoms with van der Waals surface area (Å²) in [6.07, 6.45) is 1.75. The van der Waals surface area contributed by atoms with Gasteiger partial charge in [-0.2, -0.15) is 0 Å². The zero-order valence-electron chi connectivity index (χ0n) is 11.1. The lowest BCUT2D eigenvalue weighted by molar-refractivity contribution is -0.127. The summed E-state index contributed by atoms with van der Waals surface area (Å²) in [6, 6.07) is -0.604. The third kappa shape index (κ3) is 4.73. The molecule has 1 aliphatic heterocycles. The quantitative estimate of drug-likeness (QED) is 0.659. The summed E-state index contributed by atoms with van der Waals surface area (Å²) in [5.41, 5.74) is -0.248. The van der Waals surface area contributed by atoms with Gasteiger partial charge in [-0.1, -0.05) is 0 Å². The van der Waals surface area contributed by atoms with Gasteiger partial charge in [0.2, 0.25) is 11.8 Å². The first-order valence-corrected chi connectivity index (χ1v) is 6.15. The van der Waals surface area contributed by atoms with E-state index in [1.165, 1.54) is 0 Å². The van der Waals surface area contributed by atoms with Crippen LogP contribution in [0.2, 0.25) is 0 Å². The molecule has 2 unspecified atom stereocenters. The Kier molecular flexibility index (Phi) is 4.51. The maximum Gasteiger partial charge on any atom is 0.237 e. The molecule has 0 aromatic heterocycles. The lowest BCUT2D eigenvalue weighted by Crippen LogP contribution is -2.56. The van der Waals surface area contributed by atoms with Crippen molar-refractivity contribution in [2.24, 2.45) is 0 Å². The van der Waals surface area contributed by atoms with Crippen molar-refractivity contribution in [3.8, 4) is 0 Å². The molecule has 0 aromatic carbocycles. The van der Waals surface area contributed by atoms with Crippen molar-refractivity contribution in [2.45, 2.75) is 58.2 Å². The van der Waals surface area contributed by atoms with E-state index in [0.29, 0.717) is 0 Å². The second-order valence-electron chi connectivity index (χ2n) is 5.61. The number of amides is 2. The van der Waals surface area contributed by atoms with E-state index in [4.69, 9.17) is 0 Å². The normalized spacial score (nSPS) is 22.8. The molecule has 5 heteroatoms. The van der Waals surface area contributed by atoms with Crippen molar-refractivity contribution < 1.29 is 9.59 Å². The van der Waals surface area contributed by atoms with E-state index in [1.807, 2.05) is 20.8 Å². The highest BCUT2D eigenvalue weighted by atomic mass is 16.2. The van der Waals surface area contributed by atoms with Crippen LogP contribution in [-0.2, 0) is 9.59 Å². The third-order valence-corrected chi connectivity index (χ3v) is 2.63. The Labute approximate surface area is 103 Å². The SMILES string of the molecule is CC(NC1CCCNC1=O)C(=O)NC(C)(C)C. The van der Waals surface area contributed by atoms with Crippen LogP contribution in [0.3, 0.4) is 0 Å². The molecular formula is C12H23N3O2. The Balaban J connectivity index is 2.45. The van der Waals surface area contributed by atoms with E-state index in [1.54, 1.807) is 6.92 Å². The summed E-state index contributed by atoms with van der Waals surface area (Å²) in [5, 5.41) is 8.75. The third-order valence-electron chi connectivity index (χ3n) is 2.63. The molecule has 0 aliphatic carbocycles. The van der Waals surface area contributed by atoms with Crippen LogP contribution in [0.15, 0.2) is 0 Å². The number of carbonyl (C=O) groups is 2. The second kappa shape index (κ2) is 5.49. The van der Waals surface area contributed by atoms with Crippen LogP contribution in [0.1, 0.15) is 40.5 Å². The molecule has 1 aliphatic rings. The van der Waals surface area contributed by atoms with E-state index in [-0.39, 0.29) is 29.4 Å². The fourth-order valence-corrected chi connectivity index (χ4v) is 1.79. The molecule has 1 saturated heterocycles. The van der Waals surface area contributed by atoms with E-state index < -0.39 is 0 Å². The van der Waals surface area contributed by atoms with E-state index in [2.05, 4.69) is 16.0 Å². The van der Waals surface area contributed by atoms with Gasteiger partial charge in [0.25, 0.3) is 0 Å². The first kappa shape index (κ1) is 14.0. The van der Waals surface area contributed by atoms with Crippen LogP contribution in [0.5, 0.6) is 0 Å². The number of hydrogen-bond donors (Lipinski definition) is 3. The summed E-state index contributed by atoms with van der Waals surface area (Å²) in [7, 11) is 0. The molecule has 0 aromatic rings. The molecule has 0 spiro atoms. The van der Waals surface area contributed by atoms with E-state index in [0.717, 1.165) is 19.4 Å². The maximum absolute atomic E-state index is 11.8. The number of carbonyl (C=O) groups excluding carboxylic acids is 2. The minimum atomic E-state index is -0.358. The van der Waals surface area contributed by atoms with Crippen molar-refractivity contribution in [1.82, 2.24) is 16.0 Å². The monoisotopic (exact) mass is 241 g/mol. The zero-order chi connectivity index (χ0) is 13.1. The topological polar surface area (TPSA) is 70.2 Å². The number of hydrogen-bond acceptors (Lipinski definition) is 3. The summed E-state index contributed by atoms with van der Waals surface area (Å²) in [5.74, 6) is -0.0810. The number of rotatable bonds is 3. The smallest absolute Gasteiger partial charge is 0.237 e. The average molecular weight is 241 g/mol. The van der Waals surface area contributed by atoms with Crippen LogP contribution >= 0.6 is 0 Å². The van der Waals surface area contributed by atoms with Crippen LogP contribution in [0.25, 0.3) is 0 Å². The minimum Gasteiger partial charge on any atom is -0.355 e. The van der Waals surface area contributed by atoms with Crippen molar-refractivity contribution in [2.75, 3.05) is 6.54 Å². The van der Waals surface area contributed by atoms with Gasteiger partial charge in [-0.3, -0.25) is 14.9 Å². The van der Waals surface area contributed by atoms with Crippen molar-refractivity contribution in [3.63, 3.8) is 0 Å². The molecular weight excluding hydrogens is 218 g/mol. The highest BCUT2D eigenvalue weighted by Gasteiger charge is 2.26. The van der Waals surface area contributed by atoms with Gasteiger partial charge in [0.15, 0.2) is 0 Å². The molecule has 1 heterocycles. The summed E-state index contributed by atoms with van der Waals surface area (Å²) in [4.78, 5) is 23.4. The molecule has 0 saturated carbocycles. The Bertz CT molecular complexity index is 297. The Hall–Kier alpha value is -1.10. The summed E-state index contributed by atoms with van der Waals surface area (Å²) in [6.45, 7) is 8.32. The highest BCUT2D eigenvalue weighted by molar-refractivity contribution is 5.85. The largest absolute Gasteiger partial charge is 0.355 e. The van der Waals surface area contributed by atoms with Gasteiger partial charge in [-0.05, 0) is 40.5 Å². The Morgan fingerprint density at radius 3 is 2.65 bits per heavy atom. The van der Waals surface area contributed by atoms with Gasteiger partial charge in [0.05, 0.1) is 12.1 Å². The summed E-state index contributed by atoms with van der Waals surface area (Å²) >= 11 is 0. The van der Waals surface area contributed by atoms with Gasteiger partial charge >= 0.3 is 0 Å². The first-order valence-electron chi connectivity index (χ1n) is 6.15. The zero-order valence-corrected chi connectivity index (χ0v) is 11.1. The van der Waals surface area contributed by atoms with E-state index >= 15 is 0 Å². The number of piperidine rings is 1. The molecule has 1 rings (SSSR count). The Morgan fingerprint density at radius 2 is 2.12 bits per heavy atom. The van der Waals surface area contributed by atoms with E-state index in [9.17, 15) is 9.59 Å². The lowest BCUT2D eigenvalue weighted by Gasteiger charge is -2.28. The van der Waals surface area contributed by atoms with Gasteiger partial charge < -0.3 is 10.6 Å². The molecule has 17 heavy (non-hydrogen) atoms. The van der Waals surface area contributed by atoms with Crippen LogP contribution in [0, 0.1) is 0 Å². The van der Waals surface area contributed by atoms with Gasteiger partial charge in [-0.25, -0.2) is 0 Å². The lowest BCUT2D eigenvalue weighted by atomic mass is 10.0. The van der Waals surface area contributed by atoms with Crippen molar-refractivity contribution in [1.29, 1.82) is 0 Å². The van der Waals surface area contributed by atoms with Crippen LogP contribution < -0.4 is 16.0 Å². The number of nitrogens with one attached hydrogen (secondary N) is 3. The first-order chi connectivity index (χ1) is 7.79. The van der Waals surface area contributed by atoms with Gasteiger partial charge in [-0.15, -0.1) is 0 Å². The molecule has 5 nitrogen and oxygen atoms in total. The molecule has 3 N–H and O–H groups in total. The molecule has 2 amide bonds. The average Bonchev–Trinajstić information content (AvgIpc) is 2.18. The molecule has 2 atom stereocenters. The van der Waals surface area contributed by atoms with Gasteiger partial charge in [0, 0.05) is 12.1 Å². The van der Waals surface area contributed by atoms with Crippen molar-refractivity contribution >= 4 is 11.8 Å². The molecule has 98 valence electrons. The fraction of sp³-hybridized carbons (Fsp3) is 0.833. The minimum absolute atomic E-state index is 0.00772. The predicted molar refractivity (Wildman–Crippen MR) is 66.5 cm³/mol. The highest BCUT2D eigenvalue weighted by Crippen LogP contribution is 2.05. The molecule has 0 radical (unpaired) electrons.